The van der Waals surface area contributed by atoms with Crippen LogP contribution in [0.4, 0.5) is 5.69 Å². The highest BCUT2D eigenvalue weighted by Gasteiger charge is 2.34. The molecule has 1 aliphatic carbocycles. The molecule has 0 aliphatic heterocycles. The number of benzene rings is 2. The average molecular weight is 468 g/mol. The Balaban J connectivity index is 1.70. The van der Waals surface area contributed by atoms with Crippen LogP contribution in [0.15, 0.2) is 48.5 Å². The Labute approximate surface area is 198 Å². The van der Waals surface area contributed by atoms with Crippen molar-refractivity contribution in [2.75, 3.05) is 6.61 Å². The molecular weight excluding hydrogens is 438 g/mol. The Hall–Kier alpha value is -3.55. The molecule has 0 saturated heterocycles. The van der Waals surface area contributed by atoms with E-state index in [1.54, 1.807) is 12.1 Å². The summed E-state index contributed by atoms with van der Waals surface area (Å²) in [6.07, 6.45) is 2.63. The van der Waals surface area contributed by atoms with Gasteiger partial charge >= 0.3 is 11.9 Å². The number of hydrogen-bond donors (Lipinski definition) is 0. The number of carbonyl (C=O) groups excluding carboxylic acids is 3. The van der Waals surface area contributed by atoms with Crippen LogP contribution in [0.3, 0.4) is 0 Å². The van der Waals surface area contributed by atoms with Gasteiger partial charge in [-0.2, -0.15) is 0 Å². The normalized spacial score (nSPS) is 19.9. The van der Waals surface area contributed by atoms with Crippen molar-refractivity contribution in [1.82, 2.24) is 0 Å². The number of carbonyl (C=O) groups is 3. The van der Waals surface area contributed by atoms with E-state index in [1.165, 1.54) is 30.3 Å². The van der Waals surface area contributed by atoms with Crippen molar-refractivity contribution in [3.05, 3.63) is 75.3 Å². The van der Waals surface area contributed by atoms with Gasteiger partial charge in [0.15, 0.2) is 6.61 Å². The van der Waals surface area contributed by atoms with Crippen molar-refractivity contribution in [3.63, 3.8) is 0 Å². The van der Waals surface area contributed by atoms with Crippen LogP contribution >= 0.6 is 0 Å². The van der Waals surface area contributed by atoms with E-state index in [1.807, 2.05) is 0 Å². The maximum Gasteiger partial charge on any atom is 0.339 e. The third kappa shape index (κ3) is 6.07. The minimum Gasteiger partial charge on any atom is -0.458 e. The number of non-ortho nitro benzene ring substituents is 1. The first-order chi connectivity index (χ1) is 16.2. The average Bonchev–Trinajstić information content (AvgIpc) is 2.82. The fourth-order valence-electron chi connectivity index (χ4n) is 4.38. The molecule has 1 saturated carbocycles. The summed E-state index contributed by atoms with van der Waals surface area (Å²) in [6.45, 7) is 5.76. The molecule has 8 heteroatoms. The molecule has 2 aromatic rings. The Kier molecular flexibility index (Phi) is 8.15. The van der Waals surface area contributed by atoms with Crippen LogP contribution in [0.25, 0.3) is 0 Å². The predicted molar refractivity (Wildman–Crippen MR) is 125 cm³/mol. The van der Waals surface area contributed by atoms with Gasteiger partial charge in [-0.05, 0) is 42.7 Å². The van der Waals surface area contributed by atoms with Crippen molar-refractivity contribution >= 4 is 23.4 Å². The van der Waals surface area contributed by atoms with Crippen molar-refractivity contribution in [2.24, 2.45) is 17.8 Å². The van der Waals surface area contributed by atoms with Crippen molar-refractivity contribution in [3.8, 4) is 0 Å². The lowest BCUT2D eigenvalue weighted by Crippen LogP contribution is -2.36. The topological polar surface area (TPSA) is 113 Å². The van der Waals surface area contributed by atoms with Gasteiger partial charge in [0.25, 0.3) is 5.69 Å². The van der Waals surface area contributed by atoms with Crippen LogP contribution in [-0.2, 0) is 9.47 Å². The minimum atomic E-state index is -0.844. The summed E-state index contributed by atoms with van der Waals surface area (Å²) in [4.78, 5) is 48.4. The van der Waals surface area contributed by atoms with Gasteiger partial charge in [0.05, 0.1) is 16.1 Å². The second-order valence-corrected chi connectivity index (χ2v) is 9.12. The first-order valence-electron chi connectivity index (χ1n) is 11.4. The maximum atomic E-state index is 13.0. The maximum absolute atomic E-state index is 13.0. The fraction of sp³-hybridized carbons (Fsp3) is 0.423. The summed E-state index contributed by atoms with van der Waals surface area (Å²) in [5, 5.41) is 10.9. The van der Waals surface area contributed by atoms with Gasteiger partial charge in [0.1, 0.15) is 6.10 Å². The lowest BCUT2D eigenvalue weighted by Gasteiger charge is -2.36. The zero-order chi connectivity index (χ0) is 24.8. The van der Waals surface area contributed by atoms with Gasteiger partial charge < -0.3 is 9.47 Å². The molecule has 1 aliphatic rings. The minimum absolute atomic E-state index is 0.00398. The number of nitro groups is 1. The Morgan fingerprint density at radius 3 is 2.35 bits per heavy atom. The molecule has 3 atom stereocenters. The van der Waals surface area contributed by atoms with E-state index in [2.05, 4.69) is 20.8 Å². The molecule has 0 unspecified atom stereocenters. The van der Waals surface area contributed by atoms with Gasteiger partial charge in [-0.3, -0.25) is 14.9 Å². The summed E-state index contributed by atoms with van der Waals surface area (Å²) < 4.78 is 11.0. The van der Waals surface area contributed by atoms with Gasteiger partial charge in [-0.25, -0.2) is 9.59 Å². The number of nitrogens with zero attached hydrogens (tertiary/aromatic N) is 1. The van der Waals surface area contributed by atoms with Crippen LogP contribution in [0, 0.1) is 27.9 Å². The molecule has 0 N–H and O–H groups in total. The smallest absolute Gasteiger partial charge is 0.339 e. The molecule has 2 aromatic carbocycles. The summed E-state index contributed by atoms with van der Waals surface area (Å²) in [7, 11) is 0. The molecule has 0 amide bonds. The second-order valence-electron chi connectivity index (χ2n) is 9.12. The van der Waals surface area contributed by atoms with E-state index in [0.29, 0.717) is 11.8 Å². The number of ketones is 1. The molecule has 0 bridgehead atoms. The SMILES string of the molecule is CC(C)[C@H]1CC[C@H](C)C[C@H]1OC(=O)c1ccccc1C(=O)OCC(=O)c1cccc([N+](=O)[O-])c1. The summed E-state index contributed by atoms with van der Waals surface area (Å²) in [5.74, 6) is -0.955. The molecule has 3 rings (SSSR count). The van der Waals surface area contributed by atoms with Crippen molar-refractivity contribution in [2.45, 2.75) is 46.1 Å². The summed E-state index contributed by atoms with van der Waals surface area (Å²) >= 11 is 0. The third-order valence-electron chi connectivity index (χ3n) is 6.30. The molecule has 0 aromatic heterocycles. The van der Waals surface area contributed by atoms with Gasteiger partial charge in [0.2, 0.25) is 5.78 Å². The third-order valence-corrected chi connectivity index (χ3v) is 6.30. The van der Waals surface area contributed by atoms with Crippen LogP contribution < -0.4 is 0 Å². The summed E-state index contributed by atoms with van der Waals surface area (Å²) in [5.41, 5.74) is -0.0943. The monoisotopic (exact) mass is 467 g/mol. The number of ether oxygens (including phenoxy) is 2. The van der Waals surface area contributed by atoms with Crippen molar-refractivity contribution < 1.29 is 28.8 Å². The molecule has 34 heavy (non-hydrogen) atoms. The molecule has 0 spiro atoms. The Bertz CT molecular complexity index is 1080. The number of Topliss-reactive ketones (excluding diaryl/α,β-unsaturated/α-hetero) is 1. The van der Waals surface area contributed by atoms with E-state index in [-0.39, 0.29) is 34.4 Å². The lowest BCUT2D eigenvalue weighted by molar-refractivity contribution is -0.384. The molecule has 180 valence electrons. The number of nitro benzene ring substituents is 1. The zero-order valence-corrected chi connectivity index (χ0v) is 19.6. The first kappa shape index (κ1) is 25.1. The van der Waals surface area contributed by atoms with Crippen LogP contribution in [-0.4, -0.2) is 35.4 Å². The highest BCUT2D eigenvalue weighted by Crippen LogP contribution is 2.35. The van der Waals surface area contributed by atoms with Crippen LogP contribution in [0.1, 0.15) is 71.1 Å². The quantitative estimate of drug-likeness (QED) is 0.225. The standard InChI is InChI=1S/C26H29NO7/c1-16(2)20-12-11-17(3)13-24(20)34-26(30)22-10-5-4-9-21(22)25(29)33-15-23(28)18-7-6-8-19(14-18)27(31)32/h4-10,14,16-17,20,24H,11-13,15H2,1-3H3/t17-,20+,24+/m0/s1. The van der Waals surface area contributed by atoms with E-state index in [4.69, 9.17) is 9.47 Å². The molecule has 1 fully saturated rings. The lowest BCUT2D eigenvalue weighted by atomic mass is 9.75. The van der Waals surface area contributed by atoms with E-state index >= 15 is 0 Å². The number of hydrogen-bond acceptors (Lipinski definition) is 7. The molecular formula is C26H29NO7. The Morgan fingerprint density at radius 1 is 1.03 bits per heavy atom. The van der Waals surface area contributed by atoms with Crippen molar-refractivity contribution in [1.29, 1.82) is 0 Å². The summed E-state index contributed by atoms with van der Waals surface area (Å²) in [6, 6.07) is 11.3. The van der Waals surface area contributed by atoms with Gasteiger partial charge in [0, 0.05) is 17.7 Å². The first-order valence-corrected chi connectivity index (χ1v) is 11.4. The zero-order valence-electron chi connectivity index (χ0n) is 19.6. The van der Waals surface area contributed by atoms with Crippen LogP contribution in [0.2, 0.25) is 0 Å². The van der Waals surface area contributed by atoms with Crippen LogP contribution in [0.5, 0.6) is 0 Å². The molecule has 0 radical (unpaired) electrons. The van der Waals surface area contributed by atoms with Gasteiger partial charge in [-0.1, -0.05) is 51.5 Å². The number of esters is 2. The van der Waals surface area contributed by atoms with E-state index in [9.17, 15) is 24.5 Å². The number of rotatable bonds is 8. The second kappa shape index (κ2) is 11.0. The highest BCUT2D eigenvalue weighted by atomic mass is 16.6. The predicted octanol–water partition coefficient (Wildman–Crippen LogP) is 5.25. The Morgan fingerprint density at radius 2 is 1.71 bits per heavy atom. The largest absolute Gasteiger partial charge is 0.458 e. The van der Waals surface area contributed by atoms with Gasteiger partial charge in [-0.15, -0.1) is 0 Å². The highest BCUT2D eigenvalue weighted by molar-refractivity contribution is 6.04. The van der Waals surface area contributed by atoms with E-state index < -0.39 is 29.3 Å². The fourth-order valence-corrected chi connectivity index (χ4v) is 4.38. The molecule has 8 nitrogen and oxygen atoms in total. The van der Waals surface area contributed by atoms with E-state index in [0.717, 1.165) is 25.3 Å². The molecule has 0 heterocycles.